The molecular formula is C23H26N4O2. The van der Waals surface area contributed by atoms with Crippen molar-refractivity contribution in [2.45, 2.75) is 19.3 Å². The highest BCUT2D eigenvalue weighted by atomic mass is 16.5. The molecule has 0 bridgehead atoms. The maximum Gasteiger partial charge on any atom is 0.271 e. The molecule has 2 N–H and O–H groups in total. The number of amides is 1. The monoisotopic (exact) mass is 390 g/mol. The molecule has 2 aromatic carbocycles. The van der Waals surface area contributed by atoms with E-state index in [1.165, 1.54) is 5.56 Å². The number of rotatable bonds is 10. The van der Waals surface area contributed by atoms with Crippen molar-refractivity contribution < 1.29 is 9.53 Å². The van der Waals surface area contributed by atoms with Gasteiger partial charge in [0.05, 0.1) is 7.11 Å². The van der Waals surface area contributed by atoms with Gasteiger partial charge in [-0.3, -0.25) is 4.79 Å². The Bertz CT molecular complexity index is 881. The summed E-state index contributed by atoms with van der Waals surface area (Å²) in [4.78, 5) is 12.2. The molecule has 29 heavy (non-hydrogen) atoms. The number of hydrogen-bond acceptors (Lipinski definition) is 5. The first-order chi connectivity index (χ1) is 14.2. The first kappa shape index (κ1) is 20.3. The maximum atomic E-state index is 12.2. The van der Waals surface area contributed by atoms with Gasteiger partial charge in [-0.25, -0.2) is 0 Å². The van der Waals surface area contributed by atoms with Crippen molar-refractivity contribution in [3.05, 3.63) is 83.6 Å². The van der Waals surface area contributed by atoms with Crippen LogP contribution in [0.2, 0.25) is 0 Å². The number of anilines is 1. The minimum absolute atomic E-state index is 0.221. The van der Waals surface area contributed by atoms with E-state index in [0.717, 1.165) is 37.1 Å². The van der Waals surface area contributed by atoms with Gasteiger partial charge < -0.3 is 15.4 Å². The maximum absolute atomic E-state index is 12.2. The van der Waals surface area contributed by atoms with Crippen LogP contribution in [0.15, 0.2) is 66.7 Å². The van der Waals surface area contributed by atoms with E-state index >= 15 is 0 Å². The summed E-state index contributed by atoms with van der Waals surface area (Å²) in [6.07, 6.45) is 2.75. The smallest absolute Gasteiger partial charge is 0.271 e. The zero-order valence-corrected chi connectivity index (χ0v) is 16.6. The number of nitrogens with one attached hydrogen (secondary N) is 2. The molecule has 1 amide bonds. The molecule has 0 radical (unpaired) electrons. The van der Waals surface area contributed by atoms with Crippen molar-refractivity contribution in [2.24, 2.45) is 0 Å². The number of hydrogen-bond donors (Lipinski definition) is 2. The second-order valence-electron chi connectivity index (χ2n) is 6.67. The lowest BCUT2D eigenvalue weighted by Crippen LogP contribution is -2.26. The Kier molecular flexibility index (Phi) is 7.57. The largest absolute Gasteiger partial charge is 0.497 e. The molecule has 1 heterocycles. The van der Waals surface area contributed by atoms with E-state index in [1.54, 1.807) is 19.2 Å². The van der Waals surface area contributed by atoms with Gasteiger partial charge in [0, 0.05) is 13.1 Å². The molecule has 150 valence electrons. The molecule has 0 aliphatic rings. The van der Waals surface area contributed by atoms with Crippen LogP contribution < -0.4 is 15.4 Å². The molecular weight excluding hydrogens is 364 g/mol. The fourth-order valence-electron chi connectivity index (χ4n) is 2.90. The van der Waals surface area contributed by atoms with Gasteiger partial charge in [0.25, 0.3) is 5.91 Å². The van der Waals surface area contributed by atoms with E-state index in [4.69, 9.17) is 4.74 Å². The lowest BCUT2D eigenvalue weighted by Gasteiger charge is -2.07. The van der Waals surface area contributed by atoms with Crippen molar-refractivity contribution in [1.29, 1.82) is 0 Å². The molecule has 0 saturated heterocycles. The third-order valence-electron chi connectivity index (χ3n) is 4.55. The lowest BCUT2D eigenvalue weighted by atomic mass is 10.1. The van der Waals surface area contributed by atoms with Crippen LogP contribution >= 0.6 is 0 Å². The molecule has 0 saturated carbocycles. The first-order valence-electron chi connectivity index (χ1n) is 9.77. The molecule has 0 atom stereocenters. The van der Waals surface area contributed by atoms with E-state index in [0.29, 0.717) is 18.1 Å². The van der Waals surface area contributed by atoms with Crippen LogP contribution in [0.5, 0.6) is 5.75 Å². The highest BCUT2D eigenvalue weighted by molar-refractivity contribution is 5.92. The number of ether oxygens (including phenoxy) is 1. The van der Waals surface area contributed by atoms with Crippen molar-refractivity contribution in [3.63, 3.8) is 0 Å². The van der Waals surface area contributed by atoms with Gasteiger partial charge in [-0.1, -0.05) is 42.5 Å². The SMILES string of the molecule is COc1ccc(CCNC(=O)c2ccc(NCCCc3ccccc3)nn2)cc1. The average Bonchev–Trinajstić information content (AvgIpc) is 2.78. The van der Waals surface area contributed by atoms with Crippen molar-refractivity contribution in [3.8, 4) is 5.75 Å². The zero-order chi connectivity index (χ0) is 20.3. The Morgan fingerprint density at radius 3 is 2.31 bits per heavy atom. The summed E-state index contributed by atoms with van der Waals surface area (Å²) < 4.78 is 5.14. The predicted molar refractivity (Wildman–Crippen MR) is 114 cm³/mol. The summed E-state index contributed by atoms with van der Waals surface area (Å²) in [5.41, 5.74) is 2.77. The Labute approximate surface area is 171 Å². The number of nitrogens with zero attached hydrogens (tertiary/aromatic N) is 2. The summed E-state index contributed by atoms with van der Waals surface area (Å²) in [5.74, 6) is 1.27. The Balaban J connectivity index is 1.37. The average molecular weight is 390 g/mol. The van der Waals surface area contributed by atoms with Crippen LogP contribution in [-0.4, -0.2) is 36.3 Å². The van der Waals surface area contributed by atoms with E-state index < -0.39 is 0 Å². The molecule has 6 nitrogen and oxygen atoms in total. The van der Waals surface area contributed by atoms with Gasteiger partial charge >= 0.3 is 0 Å². The second-order valence-corrected chi connectivity index (χ2v) is 6.67. The molecule has 3 rings (SSSR count). The minimum atomic E-state index is -0.221. The molecule has 0 unspecified atom stereocenters. The van der Waals surface area contributed by atoms with Crippen molar-refractivity contribution in [2.75, 3.05) is 25.5 Å². The lowest BCUT2D eigenvalue weighted by molar-refractivity contribution is 0.0948. The highest BCUT2D eigenvalue weighted by Gasteiger charge is 2.07. The minimum Gasteiger partial charge on any atom is -0.497 e. The Hall–Kier alpha value is -3.41. The summed E-state index contributed by atoms with van der Waals surface area (Å²) in [6.45, 7) is 1.34. The van der Waals surface area contributed by atoms with E-state index in [1.807, 2.05) is 30.3 Å². The zero-order valence-electron chi connectivity index (χ0n) is 16.6. The molecule has 3 aromatic rings. The van der Waals surface area contributed by atoms with Gasteiger partial charge in [0.15, 0.2) is 5.69 Å². The summed E-state index contributed by atoms with van der Waals surface area (Å²) in [6, 6.07) is 21.7. The third-order valence-corrected chi connectivity index (χ3v) is 4.55. The van der Waals surface area contributed by atoms with Gasteiger partial charge in [-0.15, -0.1) is 10.2 Å². The molecule has 0 aliphatic heterocycles. The van der Waals surface area contributed by atoms with Crippen LogP contribution in [0.4, 0.5) is 5.82 Å². The highest BCUT2D eigenvalue weighted by Crippen LogP contribution is 2.11. The number of benzene rings is 2. The summed E-state index contributed by atoms with van der Waals surface area (Å²) >= 11 is 0. The van der Waals surface area contributed by atoms with Gasteiger partial charge in [0.2, 0.25) is 0 Å². The number of aryl methyl sites for hydroxylation is 1. The molecule has 0 aliphatic carbocycles. The summed E-state index contributed by atoms with van der Waals surface area (Å²) in [5, 5.41) is 14.2. The van der Waals surface area contributed by atoms with Crippen LogP contribution in [0.25, 0.3) is 0 Å². The molecule has 6 heteroatoms. The predicted octanol–water partition coefficient (Wildman–Crippen LogP) is 3.50. The molecule has 0 spiro atoms. The Morgan fingerprint density at radius 1 is 0.862 bits per heavy atom. The first-order valence-corrected chi connectivity index (χ1v) is 9.77. The topological polar surface area (TPSA) is 76.1 Å². The van der Waals surface area contributed by atoms with Crippen LogP contribution in [0.3, 0.4) is 0 Å². The normalized spacial score (nSPS) is 10.4. The quantitative estimate of drug-likeness (QED) is 0.518. The van der Waals surface area contributed by atoms with Crippen LogP contribution in [0.1, 0.15) is 28.0 Å². The fraction of sp³-hybridized carbons (Fsp3) is 0.261. The van der Waals surface area contributed by atoms with Crippen molar-refractivity contribution in [1.82, 2.24) is 15.5 Å². The number of methoxy groups -OCH3 is 1. The van der Waals surface area contributed by atoms with Gasteiger partial charge in [-0.2, -0.15) is 0 Å². The van der Waals surface area contributed by atoms with Crippen molar-refractivity contribution >= 4 is 11.7 Å². The standard InChI is InChI=1S/C23H26N4O2/c1-29-20-11-9-19(10-12-20)15-17-25-23(28)21-13-14-22(27-26-21)24-16-5-8-18-6-3-2-4-7-18/h2-4,6-7,9-14H,5,8,15-17H2,1H3,(H,24,27)(H,25,28). The van der Waals surface area contributed by atoms with Crippen LogP contribution in [-0.2, 0) is 12.8 Å². The molecule has 0 fully saturated rings. The van der Waals surface area contributed by atoms with E-state index in [2.05, 4.69) is 45.1 Å². The van der Waals surface area contributed by atoms with Gasteiger partial charge in [0.1, 0.15) is 11.6 Å². The second kappa shape index (κ2) is 10.8. The number of carbonyl (C=O) groups is 1. The summed E-state index contributed by atoms with van der Waals surface area (Å²) in [7, 11) is 1.64. The number of carbonyl (C=O) groups excluding carboxylic acids is 1. The van der Waals surface area contributed by atoms with Gasteiger partial charge in [-0.05, 0) is 54.7 Å². The fourth-order valence-corrected chi connectivity index (χ4v) is 2.90. The molecule has 1 aromatic heterocycles. The van der Waals surface area contributed by atoms with E-state index in [9.17, 15) is 4.79 Å². The third kappa shape index (κ3) is 6.60. The number of aromatic nitrogens is 2. The van der Waals surface area contributed by atoms with E-state index in [-0.39, 0.29) is 5.91 Å². The Morgan fingerprint density at radius 2 is 1.62 bits per heavy atom. The van der Waals surface area contributed by atoms with Crippen LogP contribution in [0, 0.1) is 0 Å².